The molecule has 0 spiro atoms. The van der Waals surface area contributed by atoms with Crippen LogP contribution in [0.1, 0.15) is 19.4 Å². The molecule has 2 heterocycles. The van der Waals surface area contributed by atoms with Crippen LogP contribution in [0.2, 0.25) is 0 Å². The van der Waals surface area contributed by atoms with Gasteiger partial charge in [0.05, 0.1) is 12.6 Å². The Morgan fingerprint density at radius 3 is 2.60 bits per heavy atom. The minimum absolute atomic E-state index is 0.457. The Morgan fingerprint density at radius 2 is 1.96 bits per heavy atom. The van der Waals surface area contributed by atoms with E-state index in [9.17, 15) is 15.0 Å². The van der Waals surface area contributed by atoms with E-state index >= 15 is 0 Å². The largest absolute Gasteiger partial charge is 0.394 e. The number of carbonyl (C=O) groups excluding carboxylic acids is 1. The zero-order chi connectivity index (χ0) is 18.2. The number of anilines is 1. The third kappa shape index (κ3) is 3.94. The fraction of sp³-hybridized carbons (Fsp3) is 0.588. The fourth-order valence-corrected chi connectivity index (χ4v) is 3.09. The number of amides is 2. The average molecular weight is 352 g/mol. The first-order valence-corrected chi connectivity index (χ1v) is 8.23. The Labute approximate surface area is 146 Å². The molecule has 0 aliphatic carbocycles. The molecule has 1 aromatic carbocycles. The van der Waals surface area contributed by atoms with Crippen LogP contribution in [0.15, 0.2) is 24.3 Å². The van der Waals surface area contributed by atoms with Crippen LogP contribution in [0.5, 0.6) is 0 Å². The maximum Gasteiger partial charge on any atom is 0.319 e. The van der Waals surface area contributed by atoms with Gasteiger partial charge in [-0.05, 0) is 32.9 Å². The van der Waals surface area contributed by atoms with E-state index in [4.69, 9.17) is 14.2 Å². The van der Waals surface area contributed by atoms with Crippen molar-refractivity contribution in [3.05, 3.63) is 29.8 Å². The van der Waals surface area contributed by atoms with Gasteiger partial charge in [-0.1, -0.05) is 17.7 Å². The van der Waals surface area contributed by atoms with E-state index in [0.717, 1.165) is 5.56 Å². The van der Waals surface area contributed by atoms with E-state index in [1.54, 1.807) is 26.0 Å². The number of ether oxygens (including phenoxy) is 3. The van der Waals surface area contributed by atoms with Crippen molar-refractivity contribution in [3.63, 3.8) is 0 Å². The van der Waals surface area contributed by atoms with Crippen LogP contribution in [-0.4, -0.2) is 59.3 Å². The number of benzene rings is 1. The second-order valence-corrected chi connectivity index (χ2v) is 6.81. The third-order valence-corrected chi connectivity index (χ3v) is 4.26. The number of fused-ring (bicyclic) bond motifs is 1. The average Bonchev–Trinajstić information content (AvgIpc) is 3.02. The van der Waals surface area contributed by atoms with Crippen LogP contribution >= 0.6 is 0 Å². The molecule has 0 radical (unpaired) electrons. The third-order valence-electron chi connectivity index (χ3n) is 4.26. The highest BCUT2D eigenvalue weighted by atomic mass is 16.8. The molecular weight excluding hydrogens is 328 g/mol. The van der Waals surface area contributed by atoms with Crippen molar-refractivity contribution in [2.45, 2.75) is 57.2 Å². The first-order chi connectivity index (χ1) is 11.8. The number of aliphatic hydroxyl groups excluding tert-OH is 2. The Balaban J connectivity index is 1.70. The summed E-state index contributed by atoms with van der Waals surface area (Å²) in [5, 5.41) is 24.7. The SMILES string of the molecule is Cc1ccc(NC(=O)N[C@H]2[C@H]3OC(C)(C)O[C@H]3O[C@@H]2[C@H](O)CO)cc1. The van der Waals surface area contributed by atoms with Gasteiger partial charge in [-0.25, -0.2) is 4.79 Å². The lowest BCUT2D eigenvalue weighted by molar-refractivity contribution is -0.218. The first-order valence-electron chi connectivity index (χ1n) is 8.23. The fourth-order valence-electron chi connectivity index (χ4n) is 3.09. The molecule has 2 aliphatic heterocycles. The summed E-state index contributed by atoms with van der Waals surface area (Å²) in [5.41, 5.74) is 1.73. The predicted molar refractivity (Wildman–Crippen MR) is 88.9 cm³/mol. The molecule has 25 heavy (non-hydrogen) atoms. The quantitative estimate of drug-likeness (QED) is 0.636. The molecule has 0 bridgehead atoms. The zero-order valence-corrected chi connectivity index (χ0v) is 14.4. The summed E-state index contributed by atoms with van der Waals surface area (Å²) in [6.07, 6.45) is -3.29. The molecule has 0 aromatic heterocycles. The second kappa shape index (κ2) is 6.89. The molecule has 0 saturated carbocycles. The normalized spacial score (nSPS) is 31.4. The van der Waals surface area contributed by atoms with Crippen molar-refractivity contribution in [2.24, 2.45) is 0 Å². The summed E-state index contributed by atoms with van der Waals surface area (Å²) in [5.74, 6) is -0.849. The maximum atomic E-state index is 12.3. The predicted octanol–water partition coefficient (Wildman–Crippen LogP) is 0.715. The molecule has 1 aromatic rings. The zero-order valence-electron chi connectivity index (χ0n) is 14.4. The topological polar surface area (TPSA) is 109 Å². The number of carbonyl (C=O) groups is 1. The van der Waals surface area contributed by atoms with Crippen molar-refractivity contribution >= 4 is 11.7 Å². The van der Waals surface area contributed by atoms with Gasteiger partial charge in [-0.2, -0.15) is 0 Å². The van der Waals surface area contributed by atoms with Crippen molar-refractivity contribution in [2.75, 3.05) is 11.9 Å². The van der Waals surface area contributed by atoms with Crippen LogP contribution in [0.4, 0.5) is 10.5 Å². The van der Waals surface area contributed by atoms with E-state index in [2.05, 4.69) is 10.6 Å². The summed E-state index contributed by atoms with van der Waals surface area (Å²) >= 11 is 0. The van der Waals surface area contributed by atoms with Gasteiger partial charge < -0.3 is 35.1 Å². The number of aryl methyl sites for hydroxylation is 1. The molecule has 138 valence electrons. The molecule has 3 rings (SSSR count). The highest BCUT2D eigenvalue weighted by Gasteiger charge is 2.56. The molecule has 2 saturated heterocycles. The lowest BCUT2D eigenvalue weighted by Crippen LogP contribution is -2.53. The lowest BCUT2D eigenvalue weighted by Gasteiger charge is -2.28. The Morgan fingerprint density at radius 1 is 1.28 bits per heavy atom. The molecule has 2 amide bonds. The van der Waals surface area contributed by atoms with Crippen LogP contribution in [0.25, 0.3) is 0 Å². The standard InChI is InChI=1S/C17H24N2O6/c1-9-4-6-10(7-5-9)18-16(22)19-12-13(11(21)8-20)23-15-14(12)24-17(2,3)25-15/h4-7,11-15,20-21H,8H2,1-3H3,(H2,18,19,22)/t11-,12-,13-,14-,15-/m1/s1. The van der Waals surface area contributed by atoms with E-state index in [-0.39, 0.29) is 0 Å². The molecule has 5 atom stereocenters. The molecule has 2 aliphatic rings. The summed E-state index contributed by atoms with van der Waals surface area (Å²) < 4.78 is 17.1. The molecule has 0 unspecified atom stereocenters. The summed E-state index contributed by atoms with van der Waals surface area (Å²) in [6, 6.07) is 6.24. The number of nitrogens with one attached hydrogen (secondary N) is 2. The van der Waals surface area contributed by atoms with Crippen LogP contribution in [-0.2, 0) is 14.2 Å². The van der Waals surface area contributed by atoms with Crippen molar-refractivity contribution in [1.29, 1.82) is 0 Å². The molecule has 8 heteroatoms. The second-order valence-electron chi connectivity index (χ2n) is 6.81. The number of hydrogen-bond acceptors (Lipinski definition) is 6. The van der Waals surface area contributed by atoms with Crippen molar-refractivity contribution < 1.29 is 29.2 Å². The van der Waals surface area contributed by atoms with Crippen LogP contribution in [0.3, 0.4) is 0 Å². The monoisotopic (exact) mass is 352 g/mol. The molecule has 4 N–H and O–H groups in total. The van der Waals surface area contributed by atoms with Gasteiger partial charge in [0.2, 0.25) is 0 Å². The minimum atomic E-state index is -1.16. The van der Waals surface area contributed by atoms with Gasteiger partial charge in [0.25, 0.3) is 0 Å². The number of rotatable bonds is 4. The van der Waals surface area contributed by atoms with Gasteiger partial charge in [0, 0.05) is 5.69 Å². The van der Waals surface area contributed by atoms with E-state index in [0.29, 0.717) is 5.69 Å². The molecule has 8 nitrogen and oxygen atoms in total. The molecule has 2 fully saturated rings. The van der Waals surface area contributed by atoms with Gasteiger partial charge in [0.1, 0.15) is 18.3 Å². The Hall–Kier alpha value is -1.71. The minimum Gasteiger partial charge on any atom is -0.394 e. The number of hydrogen-bond donors (Lipinski definition) is 4. The van der Waals surface area contributed by atoms with Gasteiger partial charge >= 0.3 is 6.03 Å². The highest BCUT2D eigenvalue weighted by Crippen LogP contribution is 2.38. The summed E-state index contributed by atoms with van der Waals surface area (Å²) in [6.45, 7) is 4.95. The lowest BCUT2D eigenvalue weighted by atomic mass is 10.0. The van der Waals surface area contributed by atoms with E-state index < -0.39 is 49.1 Å². The van der Waals surface area contributed by atoms with E-state index in [1.165, 1.54) is 0 Å². The Bertz CT molecular complexity index is 620. The van der Waals surface area contributed by atoms with Crippen molar-refractivity contribution in [1.82, 2.24) is 5.32 Å². The molecular formula is C17H24N2O6. The summed E-state index contributed by atoms with van der Waals surface area (Å²) in [4.78, 5) is 12.3. The number of urea groups is 1. The van der Waals surface area contributed by atoms with Crippen molar-refractivity contribution in [3.8, 4) is 0 Å². The van der Waals surface area contributed by atoms with Gasteiger partial charge in [-0.3, -0.25) is 0 Å². The summed E-state index contributed by atoms with van der Waals surface area (Å²) in [7, 11) is 0. The smallest absolute Gasteiger partial charge is 0.319 e. The maximum absolute atomic E-state index is 12.3. The van der Waals surface area contributed by atoms with Crippen LogP contribution in [0, 0.1) is 6.92 Å². The van der Waals surface area contributed by atoms with Gasteiger partial charge in [0.15, 0.2) is 12.1 Å². The Kier molecular flexibility index (Phi) is 4.99. The first kappa shape index (κ1) is 18.1. The van der Waals surface area contributed by atoms with E-state index in [1.807, 2.05) is 19.1 Å². The highest BCUT2D eigenvalue weighted by molar-refractivity contribution is 5.89. The van der Waals surface area contributed by atoms with Gasteiger partial charge in [-0.15, -0.1) is 0 Å². The number of aliphatic hydroxyl groups is 2. The van der Waals surface area contributed by atoms with Crippen LogP contribution < -0.4 is 10.6 Å².